The second-order valence-electron chi connectivity index (χ2n) is 7.29. The number of benzene rings is 2. The average Bonchev–Trinajstić information content (AvgIpc) is 2.88. The third-order valence-corrected chi connectivity index (χ3v) is 5.73. The number of aryl methyl sites for hydroxylation is 1. The molecule has 2 aromatic carbocycles. The number of rotatable bonds is 2. The molecule has 0 aliphatic carbocycles. The maximum absolute atomic E-state index is 13.5. The van der Waals surface area contributed by atoms with E-state index in [-0.39, 0.29) is 17.5 Å². The van der Waals surface area contributed by atoms with Crippen LogP contribution < -0.4 is 4.90 Å². The summed E-state index contributed by atoms with van der Waals surface area (Å²) in [5, 5.41) is 9.73. The van der Waals surface area contributed by atoms with Crippen molar-refractivity contribution in [3.8, 4) is 0 Å². The van der Waals surface area contributed by atoms with Crippen molar-refractivity contribution in [2.24, 2.45) is 0 Å². The zero-order chi connectivity index (χ0) is 20.3. The molecule has 0 spiro atoms. The number of carboxylic acid groups (broad SMARTS) is 1. The van der Waals surface area contributed by atoms with Crippen molar-refractivity contribution in [1.82, 2.24) is 4.90 Å². The first-order chi connectivity index (χ1) is 14.0. The van der Waals surface area contributed by atoms with E-state index < -0.39 is 35.8 Å². The molecule has 0 aromatic heterocycles. The topological polar surface area (TPSA) is 95.0 Å². The van der Waals surface area contributed by atoms with Crippen LogP contribution >= 0.6 is 0 Å². The smallest absolute Gasteiger partial charge is 0.326 e. The zero-order valence-electron chi connectivity index (χ0n) is 15.2. The van der Waals surface area contributed by atoms with E-state index in [0.29, 0.717) is 17.7 Å². The van der Waals surface area contributed by atoms with Gasteiger partial charge in [-0.25, -0.2) is 4.79 Å². The molecule has 5 rings (SSSR count). The maximum Gasteiger partial charge on any atom is 0.326 e. The molecule has 3 aliphatic heterocycles. The Labute approximate surface area is 165 Å². The average molecular weight is 388 g/mol. The number of aliphatic carboxylic acids is 1. The normalized spacial score (nSPS) is 22.4. The first-order valence-corrected chi connectivity index (χ1v) is 9.32. The molecule has 1 N–H and O–H groups in total. The van der Waals surface area contributed by atoms with Crippen molar-refractivity contribution in [1.29, 1.82) is 0 Å². The minimum Gasteiger partial charge on any atom is -0.480 e. The Kier molecular flexibility index (Phi) is 3.67. The van der Waals surface area contributed by atoms with Crippen LogP contribution in [0.3, 0.4) is 0 Å². The third-order valence-electron chi connectivity index (χ3n) is 5.73. The number of nitrogens with zero attached hydrogens (tertiary/aromatic N) is 2. The van der Waals surface area contributed by atoms with Gasteiger partial charge in [0.1, 0.15) is 12.1 Å². The molecule has 2 unspecified atom stereocenters. The van der Waals surface area contributed by atoms with Gasteiger partial charge in [-0.1, -0.05) is 42.5 Å². The molecule has 3 aliphatic rings. The summed E-state index contributed by atoms with van der Waals surface area (Å²) >= 11 is 0. The van der Waals surface area contributed by atoms with E-state index in [9.17, 15) is 24.3 Å². The molecule has 0 radical (unpaired) electrons. The molecule has 0 saturated carbocycles. The maximum atomic E-state index is 13.5. The number of amides is 3. The van der Waals surface area contributed by atoms with E-state index in [1.807, 2.05) is 12.1 Å². The fourth-order valence-electron chi connectivity index (χ4n) is 4.39. The number of fused-ring (bicyclic) bond motifs is 1. The lowest BCUT2D eigenvalue weighted by Crippen LogP contribution is -2.56. The molecule has 0 bridgehead atoms. The van der Waals surface area contributed by atoms with Gasteiger partial charge in [-0.15, -0.1) is 0 Å². The van der Waals surface area contributed by atoms with E-state index >= 15 is 0 Å². The van der Waals surface area contributed by atoms with Gasteiger partial charge in [0.2, 0.25) is 0 Å². The monoisotopic (exact) mass is 388 g/mol. The molecule has 0 saturated heterocycles. The summed E-state index contributed by atoms with van der Waals surface area (Å²) < 4.78 is 0. The van der Waals surface area contributed by atoms with Gasteiger partial charge in [0.05, 0.1) is 16.8 Å². The Morgan fingerprint density at radius 3 is 2.28 bits per heavy atom. The number of para-hydroxylation sites is 1. The fraction of sp³-hybridized carbons (Fsp3) is 0.182. The Hall–Kier alpha value is -3.74. The molecular weight excluding hydrogens is 372 g/mol. The molecular formula is C22H16N2O5. The lowest BCUT2D eigenvalue weighted by molar-refractivity contribution is -0.140. The Balaban J connectivity index is 1.64. The van der Waals surface area contributed by atoms with Gasteiger partial charge in [0.25, 0.3) is 17.7 Å². The van der Waals surface area contributed by atoms with Gasteiger partial charge in [0, 0.05) is 0 Å². The molecule has 3 amide bonds. The van der Waals surface area contributed by atoms with Crippen molar-refractivity contribution in [2.75, 3.05) is 4.90 Å². The SMILES string of the molecule is O=C(O)C1CCc2cccc3c2N1C(=O)C(N1C(=O)c2ccccc2C1=O)C=C3. The Morgan fingerprint density at radius 1 is 0.931 bits per heavy atom. The van der Waals surface area contributed by atoms with Crippen molar-refractivity contribution < 1.29 is 24.3 Å². The summed E-state index contributed by atoms with van der Waals surface area (Å²) in [5.74, 6) is -2.80. The van der Waals surface area contributed by atoms with Crippen LogP contribution in [0.15, 0.2) is 48.5 Å². The fourth-order valence-corrected chi connectivity index (χ4v) is 4.39. The molecule has 2 aromatic rings. The van der Waals surface area contributed by atoms with Gasteiger partial charge >= 0.3 is 5.97 Å². The summed E-state index contributed by atoms with van der Waals surface area (Å²) in [7, 11) is 0. The van der Waals surface area contributed by atoms with Gasteiger partial charge < -0.3 is 5.11 Å². The van der Waals surface area contributed by atoms with Crippen LogP contribution in [0, 0.1) is 0 Å². The molecule has 144 valence electrons. The van der Waals surface area contributed by atoms with E-state index in [2.05, 4.69) is 0 Å². The lowest BCUT2D eigenvalue weighted by Gasteiger charge is -2.37. The predicted molar refractivity (Wildman–Crippen MR) is 103 cm³/mol. The minimum absolute atomic E-state index is 0.245. The highest BCUT2D eigenvalue weighted by Gasteiger charge is 2.47. The first-order valence-electron chi connectivity index (χ1n) is 9.32. The van der Waals surface area contributed by atoms with Crippen LogP contribution in [0.2, 0.25) is 0 Å². The highest BCUT2D eigenvalue weighted by atomic mass is 16.4. The molecule has 3 heterocycles. The minimum atomic E-state index is -1.21. The standard InChI is InChI=1S/C22H16N2O5/c25-19-14-6-1-2-7-15(14)20(26)24(19)16-10-8-12-4-3-5-13-9-11-17(22(28)29)23(18(12)13)21(16)27/h1-8,10,16-17H,9,11H2,(H,28,29). The first kappa shape index (κ1) is 17.4. The van der Waals surface area contributed by atoms with Crippen LogP contribution in [0.25, 0.3) is 6.08 Å². The van der Waals surface area contributed by atoms with Crippen LogP contribution in [0.4, 0.5) is 5.69 Å². The second kappa shape index (κ2) is 6.13. The van der Waals surface area contributed by atoms with E-state index in [0.717, 1.165) is 10.5 Å². The number of hydrogen-bond donors (Lipinski definition) is 1. The van der Waals surface area contributed by atoms with Crippen molar-refractivity contribution in [3.05, 3.63) is 70.8 Å². The van der Waals surface area contributed by atoms with Crippen molar-refractivity contribution >= 4 is 35.5 Å². The molecule has 0 fully saturated rings. The summed E-state index contributed by atoms with van der Waals surface area (Å²) in [6.45, 7) is 0. The summed E-state index contributed by atoms with van der Waals surface area (Å²) in [4.78, 5) is 53.4. The highest BCUT2D eigenvalue weighted by molar-refractivity contribution is 6.24. The number of imide groups is 1. The Morgan fingerprint density at radius 2 is 1.62 bits per heavy atom. The number of carboxylic acids is 1. The molecule has 7 heteroatoms. The third kappa shape index (κ3) is 2.37. The second-order valence-corrected chi connectivity index (χ2v) is 7.29. The zero-order valence-corrected chi connectivity index (χ0v) is 15.2. The van der Waals surface area contributed by atoms with E-state index in [1.165, 1.54) is 11.0 Å². The summed E-state index contributed by atoms with van der Waals surface area (Å²) in [6, 6.07) is 9.68. The lowest BCUT2D eigenvalue weighted by atomic mass is 9.93. The van der Waals surface area contributed by atoms with E-state index in [1.54, 1.807) is 36.4 Å². The summed E-state index contributed by atoms with van der Waals surface area (Å²) in [6.07, 6.45) is 4.01. The molecule has 29 heavy (non-hydrogen) atoms. The van der Waals surface area contributed by atoms with Crippen LogP contribution in [0.5, 0.6) is 0 Å². The molecule has 7 nitrogen and oxygen atoms in total. The highest BCUT2D eigenvalue weighted by Crippen LogP contribution is 2.38. The van der Waals surface area contributed by atoms with Crippen LogP contribution in [-0.2, 0) is 16.0 Å². The number of carbonyl (C=O) groups is 4. The largest absolute Gasteiger partial charge is 0.480 e. The Bertz CT molecular complexity index is 1100. The number of hydrogen-bond acceptors (Lipinski definition) is 4. The van der Waals surface area contributed by atoms with Crippen molar-refractivity contribution in [2.45, 2.75) is 24.9 Å². The predicted octanol–water partition coefficient (Wildman–Crippen LogP) is 2.11. The van der Waals surface area contributed by atoms with Gasteiger partial charge in [0.15, 0.2) is 0 Å². The van der Waals surface area contributed by atoms with Crippen LogP contribution in [-0.4, -0.2) is 45.8 Å². The number of carbonyl (C=O) groups excluding carboxylic acids is 3. The summed E-state index contributed by atoms with van der Waals surface area (Å²) in [5.41, 5.74) is 2.61. The van der Waals surface area contributed by atoms with E-state index in [4.69, 9.17) is 0 Å². The van der Waals surface area contributed by atoms with Gasteiger partial charge in [-0.05, 0) is 36.1 Å². The van der Waals surface area contributed by atoms with Crippen LogP contribution in [0.1, 0.15) is 38.3 Å². The van der Waals surface area contributed by atoms with Crippen molar-refractivity contribution in [3.63, 3.8) is 0 Å². The quantitative estimate of drug-likeness (QED) is 0.795. The van der Waals surface area contributed by atoms with Gasteiger partial charge in [-0.2, -0.15) is 0 Å². The number of anilines is 1. The molecule has 2 atom stereocenters. The van der Waals surface area contributed by atoms with Gasteiger partial charge in [-0.3, -0.25) is 24.2 Å².